The third-order valence-electron chi connectivity index (χ3n) is 2.35. The zero-order chi connectivity index (χ0) is 13.1. The number of rotatable bonds is 3. The normalized spacial score (nSPS) is 17.6. The molecule has 92 valence electrons. The van der Waals surface area contributed by atoms with Crippen molar-refractivity contribution in [2.75, 3.05) is 6.54 Å². The highest BCUT2D eigenvalue weighted by Gasteiger charge is 2.33. The molecular formula is C13H10FNO2S. The van der Waals surface area contributed by atoms with Crippen LogP contribution in [0.5, 0.6) is 0 Å². The van der Waals surface area contributed by atoms with Crippen molar-refractivity contribution in [3.05, 3.63) is 53.2 Å². The highest BCUT2D eigenvalue weighted by molar-refractivity contribution is 8.18. The van der Waals surface area contributed by atoms with Gasteiger partial charge in [0.05, 0.1) is 4.91 Å². The summed E-state index contributed by atoms with van der Waals surface area (Å²) in [4.78, 5) is 24.9. The summed E-state index contributed by atoms with van der Waals surface area (Å²) in [5.74, 6) is -0.680. The van der Waals surface area contributed by atoms with Gasteiger partial charge in [0.25, 0.3) is 11.1 Å². The predicted molar refractivity (Wildman–Crippen MR) is 69.3 cm³/mol. The molecule has 0 aromatic heterocycles. The Morgan fingerprint density at radius 1 is 1.28 bits per heavy atom. The van der Waals surface area contributed by atoms with Crippen molar-refractivity contribution in [2.24, 2.45) is 0 Å². The van der Waals surface area contributed by atoms with E-state index in [9.17, 15) is 14.0 Å². The lowest BCUT2D eigenvalue weighted by atomic mass is 10.2. The van der Waals surface area contributed by atoms with Crippen molar-refractivity contribution in [1.29, 1.82) is 0 Å². The molecule has 0 N–H and O–H groups in total. The van der Waals surface area contributed by atoms with E-state index in [1.165, 1.54) is 18.2 Å². The molecule has 0 unspecified atom stereocenters. The molecule has 2 amide bonds. The van der Waals surface area contributed by atoms with Crippen molar-refractivity contribution < 1.29 is 14.0 Å². The molecule has 1 aliphatic heterocycles. The van der Waals surface area contributed by atoms with Crippen LogP contribution < -0.4 is 0 Å². The van der Waals surface area contributed by atoms with Gasteiger partial charge in [-0.1, -0.05) is 18.2 Å². The third-order valence-corrected chi connectivity index (χ3v) is 3.26. The zero-order valence-corrected chi connectivity index (χ0v) is 10.2. The molecule has 1 aliphatic rings. The molecule has 1 aromatic carbocycles. The topological polar surface area (TPSA) is 37.4 Å². The molecular weight excluding hydrogens is 253 g/mol. The summed E-state index contributed by atoms with van der Waals surface area (Å²) in [6.07, 6.45) is 3.07. The number of hydrogen-bond donors (Lipinski definition) is 0. The van der Waals surface area contributed by atoms with Crippen molar-refractivity contribution >= 4 is 29.0 Å². The summed E-state index contributed by atoms with van der Waals surface area (Å²) >= 11 is 0.878. The van der Waals surface area contributed by atoms with Crippen LogP contribution in [0.15, 0.2) is 41.8 Å². The average molecular weight is 263 g/mol. The van der Waals surface area contributed by atoms with Crippen molar-refractivity contribution in [3.63, 3.8) is 0 Å². The van der Waals surface area contributed by atoms with Crippen LogP contribution in [0.25, 0.3) is 6.08 Å². The van der Waals surface area contributed by atoms with E-state index >= 15 is 0 Å². The molecule has 18 heavy (non-hydrogen) atoms. The molecule has 0 spiro atoms. The molecule has 0 radical (unpaired) electrons. The van der Waals surface area contributed by atoms with E-state index < -0.39 is 0 Å². The fourth-order valence-corrected chi connectivity index (χ4v) is 2.35. The second kappa shape index (κ2) is 5.18. The highest BCUT2D eigenvalue weighted by atomic mass is 32.2. The number of amides is 2. The predicted octanol–water partition coefficient (Wildman–Crippen LogP) is 3.05. The summed E-state index contributed by atoms with van der Waals surface area (Å²) in [5, 5.41) is -0.312. The molecule has 1 heterocycles. The van der Waals surface area contributed by atoms with E-state index in [4.69, 9.17) is 0 Å². The van der Waals surface area contributed by atoms with E-state index in [1.807, 2.05) is 0 Å². The number of carbonyl (C=O) groups is 2. The number of nitrogens with zero attached hydrogens (tertiary/aromatic N) is 1. The Morgan fingerprint density at radius 2 is 1.94 bits per heavy atom. The molecule has 2 rings (SSSR count). The van der Waals surface area contributed by atoms with Gasteiger partial charge in [-0.05, 0) is 35.5 Å². The second-order valence-electron chi connectivity index (χ2n) is 3.63. The van der Waals surface area contributed by atoms with E-state index in [0.29, 0.717) is 10.5 Å². The Balaban J connectivity index is 2.24. The van der Waals surface area contributed by atoms with E-state index in [2.05, 4.69) is 6.58 Å². The minimum Gasteiger partial charge on any atom is -0.268 e. The van der Waals surface area contributed by atoms with Crippen molar-refractivity contribution in [3.8, 4) is 0 Å². The van der Waals surface area contributed by atoms with Gasteiger partial charge in [-0.3, -0.25) is 14.5 Å². The van der Waals surface area contributed by atoms with E-state index in [-0.39, 0.29) is 23.5 Å². The maximum absolute atomic E-state index is 12.7. The maximum Gasteiger partial charge on any atom is 0.293 e. The van der Waals surface area contributed by atoms with Gasteiger partial charge in [0, 0.05) is 6.54 Å². The minimum absolute atomic E-state index is 0.200. The van der Waals surface area contributed by atoms with Crippen LogP contribution >= 0.6 is 11.8 Å². The summed E-state index contributed by atoms with van der Waals surface area (Å²) in [6.45, 7) is 3.70. The van der Waals surface area contributed by atoms with Crippen molar-refractivity contribution in [1.82, 2.24) is 4.90 Å². The Morgan fingerprint density at radius 3 is 2.56 bits per heavy atom. The lowest BCUT2D eigenvalue weighted by Gasteiger charge is -2.07. The molecule has 3 nitrogen and oxygen atoms in total. The fourth-order valence-electron chi connectivity index (χ4n) is 1.50. The molecule has 1 aromatic rings. The van der Waals surface area contributed by atoms with Crippen LogP contribution in [0.3, 0.4) is 0 Å². The van der Waals surface area contributed by atoms with E-state index in [1.54, 1.807) is 18.2 Å². The Labute approximate surface area is 108 Å². The number of hydrogen-bond acceptors (Lipinski definition) is 3. The highest BCUT2D eigenvalue weighted by Crippen LogP contribution is 2.31. The number of imide groups is 1. The number of halogens is 1. The monoisotopic (exact) mass is 263 g/mol. The molecule has 1 saturated heterocycles. The zero-order valence-electron chi connectivity index (χ0n) is 9.43. The molecule has 0 atom stereocenters. The van der Waals surface area contributed by atoms with Gasteiger partial charge in [-0.2, -0.15) is 0 Å². The third kappa shape index (κ3) is 2.51. The molecule has 1 fully saturated rings. The first-order valence-corrected chi connectivity index (χ1v) is 6.05. The van der Waals surface area contributed by atoms with Gasteiger partial charge in [0.2, 0.25) is 0 Å². The van der Waals surface area contributed by atoms with Gasteiger partial charge in [-0.15, -0.1) is 6.58 Å². The molecule has 0 bridgehead atoms. The minimum atomic E-state index is -0.341. The van der Waals surface area contributed by atoms with E-state index in [0.717, 1.165) is 16.7 Å². The first-order valence-electron chi connectivity index (χ1n) is 5.23. The summed E-state index contributed by atoms with van der Waals surface area (Å²) < 4.78 is 12.7. The second-order valence-corrected chi connectivity index (χ2v) is 4.63. The maximum atomic E-state index is 12.7. The van der Waals surface area contributed by atoms with Gasteiger partial charge >= 0.3 is 0 Å². The average Bonchev–Trinajstić information content (AvgIpc) is 2.60. The van der Waals surface area contributed by atoms with Gasteiger partial charge < -0.3 is 0 Å². The lowest BCUT2D eigenvalue weighted by Crippen LogP contribution is -2.27. The fraction of sp³-hybridized carbons (Fsp3) is 0.0769. The Kier molecular flexibility index (Phi) is 3.62. The lowest BCUT2D eigenvalue weighted by molar-refractivity contribution is -0.122. The summed E-state index contributed by atoms with van der Waals surface area (Å²) in [7, 11) is 0. The SMILES string of the molecule is C=CCN1C(=O)S/C(=C/c2ccc(F)cc2)C1=O. The van der Waals surface area contributed by atoms with Crippen LogP contribution in [0.1, 0.15) is 5.56 Å². The summed E-state index contributed by atoms with van der Waals surface area (Å²) in [6, 6.07) is 5.72. The van der Waals surface area contributed by atoms with Crippen LogP contribution in [-0.2, 0) is 4.79 Å². The largest absolute Gasteiger partial charge is 0.293 e. The smallest absolute Gasteiger partial charge is 0.268 e. The quantitative estimate of drug-likeness (QED) is 0.621. The molecule has 0 aliphatic carbocycles. The Bertz CT molecular complexity index is 536. The van der Waals surface area contributed by atoms with Crippen LogP contribution in [0.4, 0.5) is 9.18 Å². The van der Waals surface area contributed by atoms with Gasteiger partial charge in [-0.25, -0.2) is 4.39 Å². The van der Waals surface area contributed by atoms with Crippen LogP contribution in [0.2, 0.25) is 0 Å². The first-order chi connectivity index (χ1) is 8.61. The first kappa shape index (κ1) is 12.6. The van der Waals surface area contributed by atoms with Gasteiger partial charge in [0.15, 0.2) is 0 Å². The molecule has 0 saturated carbocycles. The number of carbonyl (C=O) groups excluding carboxylic acids is 2. The standard InChI is InChI=1S/C13H10FNO2S/c1-2-7-15-12(16)11(18-13(15)17)8-9-3-5-10(14)6-4-9/h2-6,8H,1,7H2/b11-8+. The van der Waals surface area contributed by atoms with Crippen molar-refractivity contribution in [2.45, 2.75) is 0 Å². The number of benzene rings is 1. The number of thioether (sulfide) groups is 1. The molecule has 5 heteroatoms. The van der Waals surface area contributed by atoms with Crippen LogP contribution in [-0.4, -0.2) is 22.6 Å². The van der Waals surface area contributed by atoms with Gasteiger partial charge in [0.1, 0.15) is 5.82 Å². The van der Waals surface area contributed by atoms with Crippen LogP contribution in [0, 0.1) is 5.82 Å². The Hall–Kier alpha value is -1.88. The summed E-state index contributed by atoms with van der Waals surface area (Å²) in [5.41, 5.74) is 0.681.